The van der Waals surface area contributed by atoms with Crippen LogP contribution in [0.5, 0.6) is 0 Å². The smallest absolute Gasteiger partial charge is 0.373 e. The van der Waals surface area contributed by atoms with Crippen LogP contribution in [-0.4, -0.2) is 17.7 Å². The molecule has 0 aromatic rings. The number of aliphatic hydroxyl groups excluding tert-OH is 1. The number of hydrogen-bond donors (Lipinski definition) is 1. The zero-order valence-electron chi connectivity index (χ0n) is 5.26. The van der Waals surface area contributed by atoms with Gasteiger partial charge < -0.3 is 9.84 Å². The quantitative estimate of drug-likeness (QED) is 0.341. The summed E-state index contributed by atoms with van der Waals surface area (Å²) >= 11 is 0. The largest absolute Gasteiger partial charge is 0.502 e. The molecular weight excluding hydrogens is 120 g/mol. The van der Waals surface area contributed by atoms with Crippen molar-refractivity contribution in [2.75, 3.05) is 6.61 Å². The first kappa shape index (κ1) is 8.01. The zero-order valence-corrected chi connectivity index (χ0v) is 5.26. The van der Waals surface area contributed by atoms with Crippen LogP contribution in [0.25, 0.3) is 0 Å². The van der Waals surface area contributed by atoms with E-state index in [2.05, 4.69) is 11.7 Å². The van der Waals surface area contributed by atoms with E-state index in [9.17, 15) is 4.79 Å². The Bertz CT molecular complexity index is 126. The van der Waals surface area contributed by atoms with E-state index in [0.717, 1.165) is 0 Å². The highest BCUT2D eigenvalue weighted by Gasteiger charge is 2.04. The lowest BCUT2D eigenvalue weighted by molar-refractivity contribution is -0.140. The molecule has 0 saturated heterocycles. The number of carbonyl (C=O) groups excluding carboxylic acids is 1. The lowest BCUT2D eigenvalue weighted by atomic mass is 10.5. The molecule has 0 aromatic carbocycles. The normalized spacial score (nSPS) is 11.1. The molecule has 0 rings (SSSR count). The third-order valence-electron chi connectivity index (χ3n) is 0.716. The van der Waals surface area contributed by atoms with Crippen molar-refractivity contribution < 1.29 is 14.6 Å². The summed E-state index contributed by atoms with van der Waals surface area (Å²) in [5.41, 5.74) is 0. The summed E-state index contributed by atoms with van der Waals surface area (Å²) in [6, 6.07) is 0. The fourth-order valence-corrected chi connectivity index (χ4v) is 0.284. The monoisotopic (exact) mass is 129 g/mol. The first-order valence-electron chi connectivity index (χ1n) is 2.54. The van der Waals surface area contributed by atoms with Gasteiger partial charge in [-0.25, -0.2) is 4.79 Å². The third kappa shape index (κ3) is 2.74. The van der Waals surface area contributed by atoms with E-state index in [1.54, 1.807) is 6.92 Å². The van der Waals surface area contributed by atoms with Gasteiger partial charge in [0.15, 0.2) is 5.76 Å². The van der Waals surface area contributed by atoms with Gasteiger partial charge in [-0.2, -0.15) is 0 Å². The van der Waals surface area contributed by atoms with Gasteiger partial charge >= 0.3 is 5.97 Å². The summed E-state index contributed by atoms with van der Waals surface area (Å²) in [5, 5.41) is 8.62. The minimum absolute atomic E-state index is 0.0384. The van der Waals surface area contributed by atoms with E-state index in [1.807, 2.05) is 0 Å². The Hall–Kier alpha value is -0.990. The molecular formula is C6H9O3. The molecule has 3 heteroatoms. The van der Waals surface area contributed by atoms with Crippen molar-refractivity contribution in [3.8, 4) is 0 Å². The van der Waals surface area contributed by atoms with Crippen LogP contribution in [0.15, 0.2) is 11.8 Å². The number of esters is 1. The zero-order chi connectivity index (χ0) is 7.28. The molecule has 0 aliphatic carbocycles. The molecule has 0 aliphatic rings. The molecule has 0 amide bonds. The second kappa shape index (κ2) is 3.95. The van der Waals surface area contributed by atoms with Gasteiger partial charge in [0.05, 0.1) is 6.61 Å². The van der Waals surface area contributed by atoms with Gasteiger partial charge in [0, 0.05) is 0 Å². The van der Waals surface area contributed by atoms with E-state index in [1.165, 1.54) is 6.08 Å². The number of aliphatic hydroxyl groups is 1. The fourth-order valence-electron chi connectivity index (χ4n) is 0.284. The van der Waals surface area contributed by atoms with Crippen molar-refractivity contribution in [3.63, 3.8) is 0 Å². The van der Waals surface area contributed by atoms with E-state index >= 15 is 0 Å². The predicted octanol–water partition coefficient (Wildman–Crippen LogP) is 0.825. The molecule has 0 aliphatic heterocycles. The summed E-state index contributed by atoms with van der Waals surface area (Å²) in [4.78, 5) is 10.4. The molecule has 51 valence electrons. The first-order valence-corrected chi connectivity index (χ1v) is 2.54. The maximum Gasteiger partial charge on any atom is 0.373 e. The molecule has 0 fully saturated rings. The minimum atomic E-state index is -0.729. The molecule has 9 heavy (non-hydrogen) atoms. The third-order valence-corrected chi connectivity index (χ3v) is 0.716. The Morgan fingerprint density at radius 2 is 2.44 bits per heavy atom. The first-order chi connectivity index (χ1) is 4.22. The Labute approximate surface area is 53.9 Å². The van der Waals surface area contributed by atoms with Gasteiger partial charge in [0.1, 0.15) is 0 Å². The summed E-state index contributed by atoms with van der Waals surface area (Å²) < 4.78 is 4.33. The maximum atomic E-state index is 10.4. The number of ether oxygens (including phenoxy) is 1. The van der Waals surface area contributed by atoms with Gasteiger partial charge in [-0.3, -0.25) is 0 Å². The van der Waals surface area contributed by atoms with Crippen molar-refractivity contribution in [2.24, 2.45) is 0 Å². The summed E-state index contributed by atoms with van der Waals surface area (Å²) in [6.45, 7) is 4.84. The standard InChI is InChI=1S/C6H9O3/c1-3-5(7)6(8)9-4-2/h3,7H,2,4H2,1H3. The van der Waals surface area contributed by atoms with Gasteiger partial charge in [-0.1, -0.05) is 0 Å². The molecule has 0 aromatic heterocycles. The predicted molar refractivity (Wildman–Crippen MR) is 32.7 cm³/mol. The number of hydrogen-bond acceptors (Lipinski definition) is 3. The van der Waals surface area contributed by atoms with E-state index in [0.29, 0.717) is 0 Å². The lowest BCUT2D eigenvalue weighted by Crippen LogP contribution is -2.06. The van der Waals surface area contributed by atoms with Crippen LogP contribution in [0.2, 0.25) is 0 Å². The average Bonchev–Trinajstić information content (AvgIpc) is 1.87. The molecule has 0 atom stereocenters. The van der Waals surface area contributed by atoms with Crippen molar-refractivity contribution in [3.05, 3.63) is 18.8 Å². The van der Waals surface area contributed by atoms with Gasteiger partial charge in [-0.15, -0.1) is 0 Å². The Kier molecular flexibility index (Phi) is 3.51. The fraction of sp³-hybridized carbons (Fsp3) is 0.333. The molecule has 0 heterocycles. The highest BCUT2D eigenvalue weighted by molar-refractivity contribution is 5.85. The Morgan fingerprint density at radius 3 is 2.78 bits per heavy atom. The Balaban J connectivity index is 3.74. The average molecular weight is 129 g/mol. The van der Waals surface area contributed by atoms with Crippen LogP contribution in [0.1, 0.15) is 6.92 Å². The molecule has 3 nitrogen and oxygen atoms in total. The number of carbonyl (C=O) groups is 1. The van der Waals surface area contributed by atoms with Crippen LogP contribution in [-0.2, 0) is 9.53 Å². The van der Waals surface area contributed by atoms with Crippen molar-refractivity contribution in [1.29, 1.82) is 0 Å². The summed E-state index contributed by atoms with van der Waals surface area (Å²) in [6.07, 6.45) is 1.26. The molecule has 0 unspecified atom stereocenters. The number of allylic oxidation sites excluding steroid dienone is 1. The lowest BCUT2D eigenvalue weighted by Gasteiger charge is -1.97. The SMILES string of the molecule is [CH2]COC(=O)C(O)=CC. The van der Waals surface area contributed by atoms with E-state index < -0.39 is 5.97 Å². The van der Waals surface area contributed by atoms with E-state index in [4.69, 9.17) is 5.11 Å². The Morgan fingerprint density at radius 1 is 1.89 bits per heavy atom. The molecule has 0 saturated carbocycles. The summed E-state index contributed by atoms with van der Waals surface area (Å²) in [7, 11) is 0. The van der Waals surface area contributed by atoms with Crippen LogP contribution in [0, 0.1) is 6.92 Å². The van der Waals surface area contributed by atoms with Gasteiger partial charge in [-0.05, 0) is 19.9 Å². The van der Waals surface area contributed by atoms with Crippen LogP contribution < -0.4 is 0 Å². The molecule has 0 bridgehead atoms. The minimum Gasteiger partial charge on any atom is -0.502 e. The van der Waals surface area contributed by atoms with Crippen molar-refractivity contribution in [1.82, 2.24) is 0 Å². The molecule has 1 radical (unpaired) electrons. The van der Waals surface area contributed by atoms with Crippen LogP contribution in [0.3, 0.4) is 0 Å². The maximum absolute atomic E-state index is 10.4. The second-order valence-corrected chi connectivity index (χ2v) is 1.31. The second-order valence-electron chi connectivity index (χ2n) is 1.31. The summed E-state index contributed by atoms with van der Waals surface area (Å²) in [5.74, 6) is -1.11. The number of rotatable bonds is 2. The highest BCUT2D eigenvalue weighted by Crippen LogP contribution is 1.90. The van der Waals surface area contributed by atoms with Crippen LogP contribution in [0.4, 0.5) is 0 Å². The highest BCUT2D eigenvalue weighted by atomic mass is 16.5. The molecule has 0 spiro atoms. The van der Waals surface area contributed by atoms with Crippen LogP contribution >= 0.6 is 0 Å². The van der Waals surface area contributed by atoms with Crippen molar-refractivity contribution in [2.45, 2.75) is 6.92 Å². The topological polar surface area (TPSA) is 46.5 Å². The van der Waals surface area contributed by atoms with Gasteiger partial charge in [0.2, 0.25) is 0 Å². The van der Waals surface area contributed by atoms with Gasteiger partial charge in [0.25, 0.3) is 0 Å². The van der Waals surface area contributed by atoms with Crippen molar-refractivity contribution >= 4 is 5.97 Å². The molecule has 1 N–H and O–H groups in total. The van der Waals surface area contributed by atoms with E-state index in [-0.39, 0.29) is 12.4 Å².